The van der Waals surface area contributed by atoms with E-state index in [0.717, 1.165) is 26.4 Å². The van der Waals surface area contributed by atoms with Crippen LogP contribution in [0.1, 0.15) is 34.1 Å². The van der Waals surface area contributed by atoms with Crippen LogP contribution in [0.15, 0.2) is 48.7 Å². The number of amides is 2. The van der Waals surface area contributed by atoms with Crippen molar-refractivity contribution in [3.8, 4) is 11.3 Å². The lowest BCUT2D eigenvalue weighted by Crippen LogP contribution is -2.36. The molecule has 2 aromatic heterocycles. The highest BCUT2D eigenvalue weighted by Crippen LogP contribution is 2.30. The number of carbonyl (C=O) groups is 2. The Morgan fingerprint density at radius 1 is 1.13 bits per heavy atom. The molecule has 2 aromatic carbocycles. The molecule has 1 atom stereocenters. The topological polar surface area (TPSA) is 95.7 Å². The molecule has 0 fully saturated rings. The highest BCUT2D eigenvalue weighted by molar-refractivity contribution is 7.23. The zero-order chi connectivity index (χ0) is 21.3. The molecule has 0 aliphatic carbocycles. The normalized spacial score (nSPS) is 12.2. The number of hydrogen-bond donors (Lipinski definition) is 3. The van der Waals surface area contributed by atoms with Crippen LogP contribution < -0.4 is 10.6 Å². The molecule has 4 rings (SSSR count). The lowest BCUT2D eigenvalue weighted by atomic mass is 10.1. The Kier molecular flexibility index (Phi) is 5.52. The third-order valence-corrected chi connectivity index (χ3v) is 6.09. The number of imidazole rings is 1. The third-order valence-electron chi connectivity index (χ3n) is 5.07. The summed E-state index contributed by atoms with van der Waals surface area (Å²) in [5.41, 5.74) is 3.88. The van der Waals surface area contributed by atoms with Crippen LogP contribution in [0, 0.1) is 0 Å². The first kappa shape index (κ1) is 20.1. The van der Waals surface area contributed by atoms with Crippen LogP contribution in [0.2, 0.25) is 0 Å². The largest absolute Gasteiger partial charge is 0.394 e. The maximum Gasteiger partial charge on any atom is 0.251 e. The molecule has 0 bridgehead atoms. The number of rotatable bonds is 6. The molecule has 2 amide bonds. The minimum atomic E-state index is -0.244. The summed E-state index contributed by atoms with van der Waals surface area (Å²) in [5.74, 6) is -0.316. The molecule has 1 unspecified atom stereocenters. The van der Waals surface area contributed by atoms with Crippen LogP contribution >= 0.6 is 11.3 Å². The smallest absolute Gasteiger partial charge is 0.251 e. The summed E-state index contributed by atoms with van der Waals surface area (Å²) in [6, 6.07) is 12.6. The summed E-state index contributed by atoms with van der Waals surface area (Å²) in [6.07, 6.45) is 2.63. The zero-order valence-corrected chi connectivity index (χ0v) is 17.5. The predicted octanol–water partition coefficient (Wildman–Crippen LogP) is 3.08. The molecule has 0 saturated heterocycles. The second kappa shape index (κ2) is 8.25. The molecular formula is C22H22N4O3S. The van der Waals surface area contributed by atoms with Crippen molar-refractivity contribution in [1.82, 2.24) is 20.0 Å². The minimum Gasteiger partial charge on any atom is -0.394 e. The molecule has 2 heterocycles. The molecule has 0 aliphatic heterocycles. The number of aromatic nitrogens is 2. The van der Waals surface area contributed by atoms with Gasteiger partial charge in [-0.2, -0.15) is 0 Å². The average Bonchev–Trinajstić information content (AvgIpc) is 3.34. The van der Waals surface area contributed by atoms with Crippen LogP contribution in [0.25, 0.3) is 26.4 Å². The van der Waals surface area contributed by atoms with Crippen molar-refractivity contribution in [1.29, 1.82) is 0 Å². The van der Waals surface area contributed by atoms with E-state index < -0.39 is 0 Å². The van der Waals surface area contributed by atoms with Crippen molar-refractivity contribution < 1.29 is 14.7 Å². The number of carbonyl (C=O) groups excluding carboxylic acids is 2. The van der Waals surface area contributed by atoms with Crippen LogP contribution in [0.3, 0.4) is 0 Å². The summed E-state index contributed by atoms with van der Waals surface area (Å²) < 4.78 is 2.97. The van der Waals surface area contributed by atoms with Crippen LogP contribution in [0.5, 0.6) is 0 Å². The standard InChI is InChI=1S/C22H22N4O3S/c1-3-16(12-27)24-21(29)15-8-9-18-19(10-15)30-22-25-17(11-26(18)22)13-4-6-14(7-5-13)20(28)23-2/h4-11,16,27H,3,12H2,1-2H3,(H,23,28)(H,24,29). The van der Waals surface area contributed by atoms with Gasteiger partial charge >= 0.3 is 0 Å². The van der Waals surface area contributed by atoms with Crippen molar-refractivity contribution in [3.05, 3.63) is 59.8 Å². The maximum absolute atomic E-state index is 12.4. The number of hydrogen-bond acceptors (Lipinski definition) is 5. The number of fused-ring (bicyclic) bond motifs is 3. The second-order valence-corrected chi connectivity index (χ2v) is 7.99. The Hall–Kier alpha value is -3.23. The van der Waals surface area contributed by atoms with Gasteiger partial charge in [0.2, 0.25) is 0 Å². The van der Waals surface area contributed by atoms with E-state index in [1.165, 1.54) is 11.3 Å². The van der Waals surface area contributed by atoms with Gasteiger partial charge in [0.15, 0.2) is 4.96 Å². The number of nitrogens with zero attached hydrogens (tertiary/aromatic N) is 2. The molecule has 4 aromatic rings. The fourth-order valence-corrected chi connectivity index (χ4v) is 4.31. The summed E-state index contributed by atoms with van der Waals surface area (Å²) in [7, 11) is 1.61. The summed E-state index contributed by atoms with van der Waals surface area (Å²) in [4.78, 5) is 29.7. The van der Waals surface area contributed by atoms with Gasteiger partial charge in [-0.05, 0) is 36.8 Å². The SMILES string of the molecule is CCC(CO)NC(=O)c1ccc2c(c1)sc1nc(-c3ccc(C(=O)NC)cc3)cn12. The quantitative estimate of drug-likeness (QED) is 0.445. The molecule has 30 heavy (non-hydrogen) atoms. The van der Waals surface area contributed by atoms with Gasteiger partial charge in [-0.15, -0.1) is 0 Å². The van der Waals surface area contributed by atoms with Crippen LogP contribution in [-0.4, -0.2) is 46.0 Å². The second-order valence-electron chi connectivity index (χ2n) is 6.98. The van der Waals surface area contributed by atoms with E-state index >= 15 is 0 Å². The monoisotopic (exact) mass is 422 g/mol. The molecule has 0 aliphatic rings. The van der Waals surface area contributed by atoms with Gasteiger partial charge in [-0.3, -0.25) is 14.0 Å². The molecule has 0 radical (unpaired) electrons. The number of thiazole rings is 1. The van der Waals surface area contributed by atoms with E-state index in [-0.39, 0.29) is 24.5 Å². The predicted molar refractivity (Wildman–Crippen MR) is 118 cm³/mol. The summed E-state index contributed by atoms with van der Waals surface area (Å²) >= 11 is 1.51. The van der Waals surface area contributed by atoms with Crippen molar-refractivity contribution >= 4 is 38.3 Å². The van der Waals surface area contributed by atoms with E-state index in [4.69, 9.17) is 4.98 Å². The lowest BCUT2D eigenvalue weighted by molar-refractivity contribution is 0.0914. The molecule has 0 saturated carbocycles. The highest BCUT2D eigenvalue weighted by Gasteiger charge is 2.15. The highest BCUT2D eigenvalue weighted by atomic mass is 32.1. The fraction of sp³-hybridized carbons (Fsp3) is 0.227. The van der Waals surface area contributed by atoms with E-state index in [2.05, 4.69) is 10.6 Å². The molecule has 7 nitrogen and oxygen atoms in total. The zero-order valence-electron chi connectivity index (χ0n) is 16.7. The van der Waals surface area contributed by atoms with E-state index in [1.807, 2.05) is 41.8 Å². The lowest BCUT2D eigenvalue weighted by Gasteiger charge is -2.13. The van der Waals surface area contributed by atoms with Gasteiger partial charge < -0.3 is 15.7 Å². The Morgan fingerprint density at radius 2 is 1.87 bits per heavy atom. The van der Waals surface area contributed by atoms with E-state index in [1.54, 1.807) is 25.2 Å². The van der Waals surface area contributed by atoms with E-state index in [9.17, 15) is 14.7 Å². The first-order chi connectivity index (χ1) is 14.5. The average molecular weight is 423 g/mol. The summed E-state index contributed by atoms with van der Waals surface area (Å²) in [5, 5.41) is 14.7. The minimum absolute atomic E-state index is 0.0792. The van der Waals surface area contributed by atoms with Crippen molar-refractivity contribution in [3.63, 3.8) is 0 Å². The van der Waals surface area contributed by atoms with Crippen LogP contribution in [-0.2, 0) is 0 Å². The van der Waals surface area contributed by atoms with Crippen LogP contribution in [0.4, 0.5) is 0 Å². The summed E-state index contributed by atoms with van der Waals surface area (Å²) in [6.45, 7) is 1.84. The van der Waals surface area contributed by atoms with E-state index in [0.29, 0.717) is 17.5 Å². The molecule has 3 N–H and O–H groups in total. The number of nitrogens with one attached hydrogen (secondary N) is 2. The Bertz CT molecular complexity index is 1220. The van der Waals surface area contributed by atoms with Crippen molar-refractivity contribution in [2.75, 3.05) is 13.7 Å². The third kappa shape index (κ3) is 3.67. The molecular weight excluding hydrogens is 400 g/mol. The Balaban J connectivity index is 1.63. The number of aliphatic hydroxyl groups excluding tert-OH is 1. The number of aliphatic hydroxyl groups is 1. The number of benzene rings is 2. The molecule has 0 spiro atoms. The van der Waals surface area contributed by atoms with Crippen molar-refractivity contribution in [2.24, 2.45) is 0 Å². The first-order valence-corrected chi connectivity index (χ1v) is 10.5. The van der Waals surface area contributed by atoms with Crippen molar-refractivity contribution in [2.45, 2.75) is 19.4 Å². The fourth-order valence-electron chi connectivity index (χ4n) is 3.26. The van der Waals surface area contributed by atoms with Gasteiger partial charge in [0.25, 0.3) is 11.8 Å². The Labute approximate surface area is 177 Å². The molecule has 8 heteroatoms. The maximum atomic E-state index is 12.4. The van der Waals surface area contributed by atoms with Gasteiger partial charge in [0.1, 0.15) is 0 Å². The van der Waals surface area contributed by atoms with Gasteiger partial charge in [-0.1, -0.05) is 30.4 Å². The first-order valence-electron chi connectivity index (χ1n) is 9.70. The Morgan fingerprint density at radius 3 is 2.53 bits per heavy atom. The van der Waals surface area contributed by atoms with Gasteiger partial charge in [0, 0.05) is 29.9 Å². The molecule has 154 valence electrons. The van der Waals surface area contributed by atoms with Gasteiger partial charge in [0.05, 0.1) is 28.6 Å². The van der Waals surface area contributed by atoms with Gasteiger partial charge in [-0.25, -0.2) is 4.98 Å².